The van der Waals surface area contributed by atoms with Crippen molar-refractivity contribution >= 4 is 17.5 Å². The van der Waals surface area contributed by atoms with Crippen molar-refractivity contribution in [2.45, 2.75) is 37.6 Å². The normalized spacial score (nSPS) is 17.5. The van der Waals surface area contributed by atoms with E-state index >= 15 is 0 Å². The predicted molar refractivity (Wildman–Crippen MR) is 70.6 cm³/mol. The standard InChI is InChI=1S/C13H15ClN4O/c1-18(13(9-15)7-3-2-4-8-13)12(19)10-5-6-11(14)17-16-10/h5-6H,2-4,7-8H2,1H3. The van der Waals surface area contributed by atoms with Crippen LogP contribution in [0.5, 0.6) is 0 Å². The summed E-state index contributed by atoms with van der Waals surface area (Å²) in [5.74, 6) is -0.285. The molecule has 1 aliphatic carbocycles. The van der Waals surface area contributed by atoms with E-state index in [0.29, 0.717) is 12.8 Å². The zero-order valence-corrected chi connectivity index (χ0v) is 11.5. The van der Waals surface area contributed by atoms with Crippen molar-refractivity contribution in [1.82, 2.24) is 15.1 Å². The molecule has 0 unspecified atom stereocenters. The Morgan fingerprint density at radius 1 is 1.37 bits per heavy atom. The number of amides is 1. The first kappa shape index (κ1) is 13.8. The number of nitriles is 1. The Kier molecular flexibility index (Phi) is 4.01. The van der Waals surface area contributed by atoms with Gasteiger partial charge in [-0.3, -0.25) is 4.79 Å². The van der Waals surface area contributed by atoms with E-state index in [4.69, 9.17) is 11.6 Å². The maximum absolute atomic E-state index is 12.3. The highest BCUT2D eigenvalue weighted by molar-refractivity contribution is 6.29. The lowest BCUT2D eigenvalue weighted by molar-refractivity contribution is 0.0582. The highest BCUT2D eigenvalue weighted by Crippen LogP contribution is 2.33. The topological polar surface area (TPSA) is 69.9 Å². The number of carbonyl (C=O) groups excluding carboxylic acids is 1. The summed E-state index contributed by atoms with van der Waals surface area (Å²) in [4.78, 5) is 13.9. The SMILES string of the molecule is CN(C(=O)c1ccc(Cl)nn1)C1(C#N)CCCCC1. The van der Waals surface area contributed by atoms with Crippen LogP contribution in [0.25, 0.3) is 0 Å². The van der Waals surface area contributed by atoms with Crippen LogP contribution in [0.1, 0.15) is 42.6 Å². The van der Waals surface area contributed by atoms with Crippen molar-refractivity contribution in [3.05, 3.63) is 23.0 Å². The lowest BCUT2D eigenvalue weighted by Crippen LogP contribution is -2.50. The van der Waals surface area contributed by atoms with Gasteiger partial charge in [0.25, 0.3) is 5.91 Å². The second-order valence-corrected chi connectivity index (χ2v) is 5.20. The van der Waals surface area contributed by atoms with Crippen molar-refractivity contribution < 1.29 is 4.79 Å². The molecule has 0 aromatic carbocycles. The van der Waals surface area contributed by atoms with Gasteiger partial charge in [-0.25, -0.2) is 0 Å². The van der Waals surface area contributed by atoms with Crippen molar-refractivity contribution in [3.63, 3.8) is 0 Å². The molecule has 5 nitrogen and oxygen atoms in total. The quantitative estimate of drug-likeness (QED) is 0.833. The van der Waals surface area contributed by atoms with Gasteiger partial charge < -0.3 is 4.90 Å². The van der Waals surface area contributed by atoms with Gasteiger partial charge in [0.2, 0.25) is 0 Å². The lowest BCUT2D eigenvalue weighted by Gasteiger charge is -2.38. The number of rotatable bonds is 2. The lowest BCUT2D eigenvalue weighted by atomic mass is 9.81. The maximum Gasteiger partial charge on any atom is 0.275 e. The molecule has 0 bridgehead atoms. The molecule has 0 N–H and O–H groups in total. The molecule has 0 atom stereocenters. The minimum absolute atomic E-state index is 0.215. The van der Waals surface area contributed by atoms with Gasteiger partial charge in [0, 0.05) is 7.05 Å². The molecule has 19 heavy (non-hydrogen) atoms. The molecule has 0 saturated heterocycles. The zero-order chi connectivity index (χ0) is 13.9. The number of carbonyl (C=O) groups is 1. The van der Waals surface area contributed by atoms with Crippen LogP contribution in [-0.2, 0) is 0 Å². The highest BCUT2D eigenvalue weighted by Gasteiger charge is 2.39. The second kappa shape index (κ2) is 5.54. The van der Waals surface area contributed by atoms with Crippen LogP contribution in [0.15, 0.2) is 12.1 Å². The van der Waals surface area contributed by atoms with Gasteiger partial charge in [-0.1, -0.05) is 30.9 Å². The highest BCUT2D eigenvalue weighted by atomic mass is 35.5. The Labute approximate surface area is 117 Å². The van der Waals surface area contributed by atoms with Crippen LogP contribution < -0.4 is 0 Å². The third kappa shape index (κ3) is 2.69. The minimum atomic E-state index is -0.712. The second-order valence-electron chi connectivity index (χ2n) is 4.81. The van der Waals surface area contributed by atoms with Crippen LogP contribution in [0.2, 0.25) is 5.15 Å². The number of nitrogens with zero attached hydrogens (tertiary/aromatic N) is 4. The Balaban J connectivity index is 2.22. The molecule has 0 aliphatic heterocycles. The fourth-order valence-electron chi connectivity index (χ4n) is 2.46. The first-order valence-corrected chi connectivity index (χ1v) is 6.65. The summed E-state index contributed by atoms with van der Waals surface area (Å²) in [5, 5.41) is 17.1. The van der Waals surface area contributed by atoms with Gasteiger partial charge in [-0.2, -0.15) is 5.26 Å². The van der Waals surface area contributed by atoms with E-state index in [9.17, 15) is 10.1 Å². The molecule has 1 fully saturated rings. The smallest absolute Gasteiger partial charge is 0.275 e. The number of hydrogen-bond donors (Lipinski definition) is 0. The maximum atomic E-state index is 12.3. The van der Waals surface area contributed by atoms with E-state index in [0.717, 1.165) is 19.3 Å². The third-order valence-corrected chi connectivity index (χ3v) is 3.89. The Morgan fingerprint density at radius 3 is 2.58 bits per heavy atom. The number of aromatic nitrogens is 2. The Hall–Kier alpha value is -1.67. The molecule has 1 saturated carbocycles. The summed E-state index contributed by atoms with van der Waals surface area (Å²) in [5.41, 5.74) is -0.497. The van der Waals surface area contributed by atoms with Crippen LogP contribution in [0.4, 0.5) is 0 Å². The third-order valence-electron chi connectivity index (χ3n) is 3.69. The van der Waals surface area contributed by atoms with Crippen LogP contribution in [-0.4, -0.2) is 33.6 Å². The van der Waals surface area contributed by atoms with E-state index in [1.165, 1.54) is 17.0 Å². The summed E-state index contributed by atoms with van der Waals surface area (Å²) in [6.45, 7) is 0. The summed E-state index contributed by atoms with van der Waals surface area (Å²) < 4.78 is 0. The molecule has 0 radical (unpaired) electrons. The molecule has 1 aliphatic rings. The predicted octanol–water partition coefficient (Wildman–Crippen LogP) is 2.43. The average molecular weight is 279 g/mol. The van der Waals surface area contributed by atoms with Gasteiger partial charge in [0.15, 0.2) is 10.8 Å². The molecular formula is C13H15ClN4O. The molecule has 0 spiro atoms. The van der Waals surface area contributed by atoms with Crippen molar-refractivity contribution in [3.8, 4) is 6.07 Å². The molecule has 6 heteroatoms. The first-order chi connectivity index (χ1) is 9.09. The van der Waals surface area contributed by atoms with E-state index in [1.54, 1.807) is 7.05 Å². The van der Waals surface area contributed by atoms with Crippen molar-refractivity contribution in [1.29, 1.82) is 5.26 Å². The van der Waals surface area contributed by atoms with Crippen LogP contribution >= 0.6 is 11.6 Å². The largest absolute Gasteiger partial charge is 0.322 e. The molecule has 1 aromatic heterocycles. The summed E-state index contributed by atoms with van der Waals surface area (Å²) in [6.07, 6.45) is 4.49. The monoisotopic (exact) mass is 278 g/mol. The van der Waals surface area contributed by atoms with E-state index in [1.807, 2.05) is 0 Å². The van der Waals surface area contributed by atoms with Gasteiger partial charge >= 0.3 is 0 Å². The molecular weight excluding hydrogens is 264 g/mol. The van der Waals surface area contributed by atoms with E-state index < -0.39 is 5.54 Å². The van der Waals surface area contributed by atoms with Crippen LogP contribution in [0, 0.1) is 11.3 Å². The fraction of sp³-hybridized carbons (Fsp3) is 0.538. The van der Waals surface area contributed by atoms with Gasteiger partial charge in [0.1, 0.15) is 5.54 Å². The zero-order valence-electron chi connectivity index (χ0n) is 10.8. The van der Waals surface area contributed by atoms with Crippen LogP contribution in [0.3, 0.4) is 0 Å². The van der Waals surface area contributed by atoms with E-state index in [-0.39, 0.29) is 16.8 Å². The van der Waals surface area contributed by atoms with Crippen molar-refractivity contribution in [2.24, 2.45) is 0 Å². The van der Waals surface area contributed by atoms with Crippen molar-refractivity contribution in [2.75, 3.05) is 7.05 Å². The minimum Gasteiger partial charge on any atom is -0.322 e. The first-order valence-electron chi connectivity index (χ1n) is 6.28. The molecule has 1 aromatic rings. The average Bonchev–Trinajstić information content (AvgIpc) is 2.47. The Morgan fingerprint density at radius 2 is 2.05 bits per heavy atom. The summed E-state index contributed by atoms with van der Waals surface area (Å²) in [7, 11) is 1.66. The fourth-order valence-corrected chi connectivity index (χ4v) is 2.56. The summed E-state index contributed by atoms with van der Waals surface area (Å²) >= 11 is 5.65. The van der Waals surface area contributed by atoms with Gasteiger partial charge in [-0.05, 0) is 25.0 Å². The van der Waals surface area contributed by atoms with Gasteiger partial charge in [0.05, 0.1) is 6.07 Å². The molecule has 1 heterocycles. The number of hydrogen-bond acceptors (Lipinski definition) is 4. The van der Waals surface area contributed by atoms with Gasteiger partial charge in [-0.15, -0.1) is 10.2 Å². The molecule has 1 amide bonds. The Bertz CT molecular complexity index is 502. The number of halogens is 1. The molecule has 100 valence electrons. The van der Waals surface area contributed by atoms with E-state index in [2.05, 4.69) is 16.3 Å². The molecule has 2 rings (SSSR count). The summed E-state index contributed by atoms with van der Waals surface area (Å²) in [6, 6.07) is 5.36.